The number of rotatable bonds is 8. The van der Waals surface area contributed by atoms with Gasteiger partial charge in [0.25, 0.3) is 0 Å². The summed E-state index contributed by atoms with van der Waals surface area (Å²) in [5, 5.41) is 11.0. The molecular formula is C19H22Cl3N5OS. The van der Waals surface area contributed by atoms with E-state index in [-0.39, 0.29) is 12.1 Å². The van der Waals surface area contributed by atoms with Crippen LogP contribution >= 0.6 is 46.6 Å². The highest BCUT2D eigenvalue weighted by atomic mass is 35.5. The molecule has 0 aliphatic heterocycles. The van der Waals surface area contributed by atoms with Crippen molar-refractivity contribution in [1.29, 1.82) is 0 Å². The molecule has 0 spiro atoms. The van der Waals surface area contributed by atoms with E-state index in [0.29, 0.717) is 32.2 Å². The molecule has 2 heterocycles. The van der Waals surface area contributed by atoms with E-state index in [4.69, 9.17) is 44.6 Å². The topological polar surface area (TPSA) is 64.9 Å². The molecule has 0 fully saturated rings. The van der Waals surface area contributed by atoms with E-state index in [2.05, 4.69) is 29.1 Å². The molecule has 3 aromatic rings. The quantitative estimate of drug-likeness (QED) is 0.376. The molecule has 1 atom stereocenters. The number of ether oxygens (including phenoxy) is 1. The largest absolute Gasteiger partial charge is 0.467 e. The average Bonchev–Trinajstić information content (AvgIpc) is 3.04. The van der Waals surface area contributed by atoms with Crippen LogP contribution < -0.4 is 10.1 Å². The number of unbranched alkanes of at least 4 members (excludes halogenated alkanes) is 1. The van der Waals surface area contributed by atoms with E-state index >= 15 is 0 Å². The first-order valence-electron chi connectivity index (χ1n) is 9.19. The van der Waals surface area contributed by atoms with Crippen LogP contribution in [0, 0.1) is 0 Å². The Morgan fingerprint density at radius 1 is 1.21 bits per heavy atom. The van der Waals surface area contributed by atoms with Crippen LogP contribution in [0.5, 0.6) is 6.01 Å². The number of hydrogen-bond acceptors (Lipinski definition) is 6. The van der Waals surface area contributed by atoms with Gasteiger partial charge in [-0.1, -0.05) is 54.6 Å². The van der Waals surface area contributed by atoms with Crippen molar-refractivity contribution in [2.75, 3.05) is 18.7 Å². The standard InChI is InChI=1S/C19H22Cl3N5OS/c1-5-6-7-10(2)23-16-14-17(25-19(24-16)28-3)27(26-18(14)29-4)15-12(21)8-11(20)9-13(15)22/h8-10H,5-7H2,1-4H3,(H,23,24,25). The second-order valence-corrected chi connectivity index (χ2v) is 8.63. The summed E-state index contributed by atoms with van der Waals surface area (Å²) >= 11 is 20.5. The highest BCUT2D eigenvalue weighted by Crippen LogP contribution is 2.38. The molecule has 10 heteroatoms. The SMILES string of the molecule is CCCCC(C)Nc1nc(OC)nc2c1c(SC)nn2-c1c(Cl)cc(Cl)cc1Cl. The molecule has 0 saturated heterocycles. The van der Waals surface area contributed by atoms with Crippen molar-refractivity contribution in [2.45, 2.75) is 44.2 Å². The van der Waals surface area contributed by atoms with Crippen LogP contribution in [-0.4, -0.2) is 39.2 Å². The molecule has 0 saturated carbocycles. The van der Waals surface area contributed by atoms with Gasteiger partial charge in [0.1, 0.15) is 16.5 Å². The first-order chi connectivity index (χ1) is 13.9. The van der Waals surface area contributed by atoms with Crippen LogP contribution in [0.15, 0.2) is 17.2 Å². The Kier molecular flexibility index (Phi) is 7.37. The van der Waals surface area contributed by atoms with Crippen molar-refractivity contribution in [3.63, 3.8) is 0 Å². The molecule has 0 aliphatic rings. The number of methoxy groups -OCH3 is 1. The summed E-state index contributed by atoms with van der Waals surface area (Å²) in [7, 11) is 1.53. The molecule has 0 bridgehead atoms. The summed E-state index contributed by atoms with van der Waals surface area (Å²) < 4.78 is 6.96. The molecular weight excluding hydrogens is 453 g/mol. The third-order valence-corrected chi connectivity index (χ3v) is 5.88. The van der Waals surface area contributed by atoms with Gasteiger partial charge in [0.15, 0.2) is 5.65 Å². The molecule has 0 radical (unpaired) electrons. The molecule has 1 aromatic carbocycles. The maximum Gasteiger partial charge on any atom is 0.320 e. The van der Waals surface area contributed by atoms with E-state index in [1.807, 2.05) is 6.26 Å². The van der Waals surface area contributed by atoms with Gasteiger partial charge < -0.3 is 10.1 Å². The molecule has 1 N–H and O–H groups in total. The smallest absolute Gasteiger partial charge is 0.320 e. The number of nitrogens with zero attached hydrogens (tertiary/aromatic N) is 4. The molecule has 0 amide bonds. The van der Waals surface area contributed by atoms with Crippen molar-refractivity contribution in [1.82, 2.24) is 19.7 Å². The van der Waals surface area contributed by atoms with E-state index in [0.717, 1.165) is 29.7 Å². The van der Waals surface area contributed by atoms with Gasteiger partial charge in [0, 0.05) is 11.1 Å². The molecule has 0 aliphatic carbocycles. The summed E-state index contributed by atoms with van der Waals surface area (Å²) in [6.45, 7) is 4.31. The fourth-order valence-electron chi connectivity index (χ4n) is 3.01. The number of thioether (sulfide) groups is 1. The molecule has 3 rings (SSSR count). The van der Waals surface area contributed by atoms with Gasteiger partial charge in [-0.25, -0.2) is 4.68 Å². The maximum absolute atomic E-state index is 6.45. The van der Waals surface area contributed by atoms with Gasteiger partial charge in [-0.05, 0) is 31.7 Å². The lowest BCUT2D eigenvalue weighted by Gasteiger charge is -2.15. The predicted octanol–water partition coefficient (Wildman–Crippen LogP) is 6.50. The third-order valence-electron chi connectivity index (χ3n) is 4.42. The Balaban J connectivity index is 2.23. The van der Waals surface area contributed by atoms with E-state index in [1.54, 1.807) is 16.8 Å². The van der Waals surface area contributed by atoms with Gasteiger partial charge in [0.05, 0.1) is 22.5 Å². The maximum atomic E-state index is 6.45. The fourth-order valence-corrected chi connectivity index (χ4v) is 4.55. The number of halogens is 3. The molecule has 2 aromatic heterocycles. The highest BCUT2D eigenvalue weighted by Gasteiger charge is 2.23. The summed E-state index contributed by atoms with van der Waals surface area (Å²) in [5.41, 5.74) is 1.06. The second kappa shape index (κ2) is 9.60. The zero-order chi connectivity index (χ0) is 21.1. The zero-order valence-corrected chi connectivity index (χ0v) is 19.7. The molecule has 156 valence electrons. The van der Waals surface area contributed by atoms with Crippen LogP contribution in [0.1, 0.15) is 33.1 Å². The van der Waals surface area contributed by atoms with Gasteiger partial charge in [-0.15, -0.1) is 11.8 Å². The van der Waals surface area contributed by atoms with Crippen molar-refractivity contribution in [2.24, 2.45) is 0 Å². The average molecular weight is 475 g/mol. The zero-order valence-electron chi connectivity index (χ0n) is 16.6. The lowest BCUT2D eigenvalue weighted by Crippen LogP contribution is -2.16. The Hall–Kier alpha value is -1.41. The summed E-state index contributed by atoms with van der Waals surface area (Å²) in [6.07, 6.45) is 5.24. The molecule has 1 unspecified atom stereocenters. The van der Waals surface area contributed by atoms with Crippen molar-refractivity contribution in [3.8, 4) is 11.7 Å². The Morgan fingerprint density at radius 2 is 1.90 bits per heavy atom. The normalized spacial score (nSPS) is 12.4. The van der Waals surface area contributed by atoms with E-state index in [9.17, 15) is 0 Å². The first-order valence-corrected chi connectivity index (χ1v) is 11.6. The van der Waals surface area contributed by atoms with Gasteiger partial charge in [-0.2, -0.15) is 15.1 Å². The molecule has 29 heavy (non-hydrogen) atoms. The van der Waals surface area contributed by atoms with Gasteiger partial charge >= 0.3 is 6.01 Å². The Bertz CT molecular complexity index is 1000. The minimum absolute atomic E-state index is 0.234. The van der Waals surface area contributed by atoms with Crippen LogP contribution in [0.4, 0.5) is 5.82 Å². The lowest BCUT2D eigenvalue weighted by molar-refractivity contribution is 0.381. The second-order valence-electron chi connectivity index (χ2n) is 6.58. The number of hydrogen-bond donors (Lipinski definition) is 1. The fraction of sp³-hybridized carbons (Fsp3) is 0.421. The number of aromatic nitrogens is 4. The summed E-state index contributed by atoms with van der Waals surface area (Å²) in [6, 6.07) is 3.72. The predicted molar refractivity (Wildman–Crippen MR) is 123 cm³/mol. The number of fused-ring (bicyclic) bond motifs is 1. The van der Waals surface area contributed by atoms with Crippen molar-refractivity contribution >= 4 is 63.4 Å². The summed E-state index contributed by atoms with van der Waals surface area (Å²) in [4.78, 5) is 9.08. The Morgan fingerprint density at radius 3 is 2.48 bits per heavy atom. The highest BCUT2D eigenvalue weighted by molar-refractivity contribution is 7.98. The van der Waals surface area contributed by atoms with Crippen LogP contribution in [0.3, 0.4) is 0 Å². The Labute approximate surface area is 189 Å². The summed E-state index contributed by atoms with van der Waals surface area (Å²) in [5.74, 6) is 0.673. The van der Waals surface area contributed by atoms with E-state index in [1.165, 1.54) is 18.9 Å². The minimum Gasteiger partial charge on any atom is -0.467 e. The van der Waals surface area contributed by atoms with Crippen molar-refractivity contribution < 1.29 is 4.74 Å². The van der Waals surface area contributed by atoms with Crippen LogP contribution in [-0.2, 0) is 0 Å². The monoisotopic (exact) mass is 473 g/mol. The van der Waals surface area contributed by atoms with Crippen LogP contribution in [0.2, 0.25) is 15.1 Å². The third kappa shape index (κ3) is 4.68. The number of anilines is 1. The van der Waals surface area contributed by atoms with E-state index < -0.39 is 0 Å². The van der Waals surface area contributed by atoms with Crippen LogP contribution in [0.25, 0.3) is 16.7 Å². The van der Waals surface area contributed by atoms with Gasteiger partial charge in [0.2, 0.25) is 0 Å². The first kappa shape index (κ1) is 22.3. The lowest BCUT2D eigenvalue weighted by atomic mass is 10.1. The molecule has 6 nitrogen and oxygen atoms in total. The van der Waals surface area contributed by atoms with Crippen molar-refractivity contribution in [3.05, 3.63) is 27.2 Å². The number of nitrogens with one attached hydrogen (secondary N) is 1. The minimum atomic E-state index is 0.234. The van der Waals surface area contributed by atoms with Gasteiger partial charge in [-0.3, -0.25) is 0 Å². The number of benzene rings is 1.